The molecule has 21 heavy (non-hydrogen) atoms. The van der Waals surface area contributed by atoms with Gasteiger partial charge in [0, 0.05) is 16.8 Å². The Morgan fingerprint density at radius 2 is 2.29 bits per heavy atom. The highest BCUT2D eigenvalue weighted by atomic mass is 32.1. The quantitative estimate of drug-likeness (QED) is 0.898. The van der Waals surface area contributed by atoms with Crippen LogP contribution in [-0.2, 0) is 17.6 Å². The van der Waals surface area contributed by atoms with Crippen molar-refractivity contribution < 1.29 is 4.79 Å². The number of anilines is 1. The second kappa shape index (κ2) is 6.44. The van der Waals surface area contributed by atoms with Gasteiger partial charge in [0.1, 0.15) is 0 Å². The molecule has 4 nitrogen and oxygen atoms in total. The minimum Gasteiger partial charge on any atom is -0.328 e. The van der Waals surface area contributed by atoms with E-state index >= 15 is 0 Å². The van der Waals surface area contributed by atoms with E-state index in [4.69, 9.17) is 5.73 Å². The van der Waals surface area contributed by atoms with Crippen molar-refractivity contribution in [3.05, 3.63) is 10.6 Å². The molecule has 0 spiro atoms. The zero-order valence-corrected chi connectivity index (χ0v) is 13.5. The normalized spacial score (nSPS) is 28.4. The van der Waals surface area contributed by atoms with Crippen molar-refractivity contribution in [2.24, 2.45) is 17.6 Å². The maximum Gasteiger partial charge on any atom is 0.229 e. The molecule has 3 unspecified atom stereocenters. The second-order valence-electron chi connectivity index (χ2n) is 6.55. The Kier molecular flexibility index (Phi) is 4.60. The molecule has 0 aliphatic heterocycles. The lowest BCUT2D eigenvalue weighted by atomic mass is 9.88. The topological polar surface area (TPSA) is 68.0 Å². The third-order valence-electron chi connectivity index (χ3n) is 4.81. The van der Waals surface area contributed by atoms with Crippen LogP contribution in [0, 0.1) is 11.8 Å². The van der Waals surface area contributed by atoms with Crippen LogP contribution in [0.15, 0.2) is 0 Å². The predicted molar refractivity (Wildman–Crippen MR) is 86.5 cm³/mol. The molecule has 1 aromatic rings. The first kappa shape index (κ1) is 15.0. The van der Waals surface area contributed by atoms with Gasteiger partial charge in [-0.2, -0.15) is 0 Å². The van der Waals surface area contributed by atoms with Crippen LogP contribution in [-0.4, -0.2) is 16.9 Å². The number of hydrogen-bond donors (Lipinski definition) is 2. The van der Waals surface area contributed by atoms with Crippen LogP contribution in [0.3, 0.4) is 0 Å². The van der Waals surface area contributed by atoms with Gasteiger partial charge in [-0.05, 0) is 44.4 Å². The molecule has 0 radical (unpaired) electrons. The van der Waals surface area contributed by atoms with Crippen LogP contribution >= 0.6 is 11.3 Å². The summed E-state index contributed by atoms with van der Waals surface area (Å²) in [7, 11) is 0. The van der Waals surface area contributed by atoms with Crippen molar-refractivity contribution in [3.63, 3.8) is 0 Å². The zero-order valence-electron chi connectivity index (χ0n) is 12.7. The number of aromatic nitrogens is 1. The summed E-state index contributed by atoms with van der Waals surface area (Å²) in [5.41, 5.74) is 7.10. The Labute approximate surface area is 130 Å². The van der Waals surface area contributed by atoms with Crippen LogP contribution in [0.25, 0.3) is 0 Å². The van der Waals surface area contributed by atoms with Gasteiger partial charge in [0.25, 0.3) is 0 Å². The molecule has 3 rings (SSSR count). The van der Waals surface area contributed by atoms with Gasteiger partial charge < -0.3 is 11.1 Å². The lowest BCUT2D eigenvalue weighted by Crippen LogP contribution is -2.23. The maximum atomic E-state index is 12.2. The molecule has 1 saturated carbocycles. The Morgan fingerprint density at radius 3 is 3.00 bits per heavy atom. The number of aryl methyl sites for hydroxylation is 1. The van der Waals surface area contributed by atoms with E-state index in [-0.39, 0.29) is 17.9 Å². The Hall–Kier alpha value is -0.940. The molecule has 5 heteroatoms. The Balaban J connectivity index is 1.61. The SMILES string of the molecule is CCCC1CCc2nc(NC(=O)C3CCC(N)C3)sc2C1. The van der Waals surface area contributed by atoms with Gasteiger partial charge in [0.15, 0.2) is 5.13 Å². The van der Waals surface area contributed by atoms with Crippen LogP contribution in [0.4, 0.5) is 5.13 Å². The molecule has 0 aromatic carbocycles. The Bertz CT molecular complexity index is 514. The highest BCUT2D eigenvalue weighted by Crippen LogP contribution is 2.34. The number of rotatable bonds is 4. The summed E-state index contributed by atoms with van der Waals surface area (Å²) >= 11 is 1.68. The monoisotopic (exact) mass is 307 g/mol. The summed E-state index contributed by atoms with van der Waals surface area (Å²) in [5.74, 6) is 0.993. The molecule has 3 N–H and O–H groups in total. The first-order valence-corrected chi connectivity index (χ1v) is 9.02. The summed E-state index contributed by atoms with van der Waals surface area (Å²) in [6, 6.07) is 0.194. The van der Waals surface area contributed by atoms with Gasteiger partial charge >= 0.3 is 0 Å². The summed E-state index contributed by atoms with van der Waals surface area (Å²) in [6.07, 6.45) is 8.71. The second-order valence-corrected chi connectivity index (χ2v) is 7.63. The van der Waals surface area contributed by atoms with Gasteiger partial charge in [-0.3, -0.25) is 4.79 Å². The third-order valence-corrected chi connectivity index (χ3v) is 5.85. The largest absolute Gasteiger partial charge is 0.328 e. The van der Waals surface area contributed by atoms with Gasteiger partial charge in [0.05, 0.1) is 5.69 Å². The third kappa shape index (κ3) is 3.46. The van der Waals surface area contributed by atoms with Gasteiger partial charge in [0.2, 0.25) is 5.91 Å². The minimum atomic E-state index is 0.0776. The molecular weight excluding hydrogens is 282 g/mol. The first-order chi connectivity index (χ1) is 10.2. The fraction of sp³-hybridized carbons (Fsp3) is 0.750. The average molecular weight is 307 g/mol. The highest BCUT2D eigenvalue weighted by molar-refractivity contribution is 7.15. The molecule has 1 heterocycles. The number of carbonyl (C=O) groups is 1. The van der Waals surface area contributed by atoms with Crippen LogP contribution < -0.4 is 11.1 Å². The summed E-state index contributed by atoms with van der Waals surface area (Å²) in [4.78, 5) is 18.3. The predicted octanol–water partition coefficient (Wildman–Crippen LogP) is 3.11. The van der Waals surface area contributed by atoms with Crippen molar-refractivity contribution >= 4 is 22.4 Å². The molecular formula is C16H25N3OS. The van der Waals surface area contributed by atoms with E-state index in [1.54, 1.807) is 11.3 Å². The average Bonchev–Trinajstić information content (AvgIpc) is 3.04. The van der Waals surface area contributed by atoms with Crippen LogP contribution in [0.2, 0.25) is 0 Å². The number of nitrogens with two attached hydrogens (primary N) is 1. The number of hydrogen-bond acceptors (Lipinski definition) is 4. The molecule has 3 atom stereocenters. The molecule has 1 fully saturated rings. The highest BCUT2D eigenvalue weighted by Gasteiger charge is 2.29. The molecule has 0 bridgehead atoms. The van der Waals surface area contributed by atoms with Crippen molar-refractivity contribution in [1.29, 1.82) is 0 Å². The Morgan fingerprint density at radius 1 is 1.43 bits per heavy atom. The van der Waals surface area contributed by atoms with E-state index in [9.17, 15) is 4.79 Å². The number of amides is 1. The van der Waals surface area contributed by atoms with Crippen LogP contribution in [0.1, 0.15) is 56.0 Å². The fourth-order valence-corrected chi connectivity index (χ4v) is 4.74. The van der Waals surface area contributed by atoms with Crippen molar-refractivity contribution in [3.8, 4) is 0 Å². The molecule has 0 saturated heterocycles. The zero-order chi connectivity index (χ0) is 14.8. The van der Waals surface area contributed by atoms with Gasteiger partial charge in [-0.25, -0.2) is 4.98 Å². The number of nitrogens with zero attached hydrogens (tertiary/aromatic N) is 1. The summed E-state index contributed by atoms with van der Waals surface area (Å²) in [5, 5.41) is 3.82. The van der Waals surface area contributed by atoms with Gasteiger partial charge in [-0.1, -0.05) is 19.8 Å². The van der Waals surface area contributed by atoms with Crippen molar-refractivity contribution in [2.75, 3.05) is 5.32 Å². The van der Waals surface area contributed by atoms with Crippen molar-refractivity contribution in [2.45, 2.75) is 64.3 Å². The summed E-state index contributed by atoms with van der Waals surface area (Å²) < 4.78 is 0. The van der Waals surface area contributed by atoms with Crippen molar-refractivity contribution in [1.82, 2.24) is 4.98 Å². The minimum absolute atomic E-state index is 0.0776. The molecule has 1 aromatic heterocycles. The van der Waals surface area contributed by atoms with E-state index in [1.807, 2.05) is 0 Å². The van der Waals surface area contributed by atoms with Gasteiger partial charge in [-0.15, -0.1) is 11.3 Å². The smallest absolute Gasteiger partial charge is 0.229 e. The van der Waals surface area contributed by atoms with Crippen LogP contribution in [0.5, 0.6) is 0 Å². The lowest BCUT2D eigenvalue weighted by Gasteiger charge is -2.19. The molecule has 1 amide bonds. The number of nitrogens with one attached hydrogen (secondary N) is 1. The number of fused-ring (bicyclic) bond motifs is 1. The van der Waals surface area contributed by atoms with E-state index < -0.39 is 0 Å². The summed E-state index contributed by atoms with van der Waals surface area (Å²) in [6.45, 7) is 2.25. The standard InChI is InChI=1S/C16H25N3OS/c1-2-3-10-4-7-13-14(8-10)21-16(18-13)19-15(20)11-5-6-12(17)9-11/h10-12H,2-9,17H2,1H3,(H,18,19,20). The molecule has 116 valence electrons. The first-order valence-electron chi connectivity index (χ1n) is 8.20. The molecule has 2 aliphatic carbocycles. The van der Waals surface area contributed by atoms with E-state index in [0.29, 0.717) is 0 Å². The number of thiazole rings is 1. The fourth-order valence-electron chi connectivity index (χ4n) is 3.61. The number of carbonyl (C=O) groups excluding carboxylic acids is 1. The lowest BCUT2D eigenvalue weighted by molar-refractivity contribution is -0.119. The molecule has 2 aliphatic rings. The van der Waals surface area contributed by atoms with E-state index in [2.05, 4.69) is 17.2 Å². The maximum absolute atomic E-state index is 12.2. The van der Waals surface area contributed by atoms with E-state index in [1.165, 1.54) is 29.8 Å². The van der Waals surface area contributed by atoms with E-state index in [0.717, 1.165) is 43.2 Å².